The minimum atomic E-state index is -0.936. The van der Waals surface area contributed by atoms with E-state index in [2.05, 4.69) is 15.5 Å². The molecule has 14 heavy (non-hydrogen) atoms. The largest absolute Gasteiger partial charge is 0.481 e. The first-order valence-corrected chi connectivity index (χ1v) is 4.11. The Morgan fingerprint density at radius 1 is 1.64 bits per heavy atom. The lowest BCUT2D eigenvalue weighted by molar-refractivity contribution is -0.136. The number of rotatable bonds is 4. The third-order valence-corrected chi connectivity index (χ3v) is 1.70. The van der Waals surface area contributed by atoms with Crippen molar-refractivity contribution in [3.8, 4) is 0 Å². The molecule has 0 saturated heterocycles. The highest BCUT2D eigenvalue weighted by Crippen LogP contribution is 2.01. The van der Waals surface area contributed by atoms with Crippen molar-refractivity contribution in [2.45, 2.75) is 13.3 Å². The van der Waals surface area contributed by atoms with Gasteiger partial charge in [0.1, 0.15) is 0 Å². The van der Waals surface area contributed by atoms with Crippen LogP contribution in [0.3, 0.4) is 0 Å². The summed E-state index contributed by atoms with van der Waals surface area (Å²) in [5, 5.41) is 17.1. The van der Waals surface area contributed by atoms with Crippen LogP contribution in [0, 0.1) is 6.92 Å². The van der Waals surface area contributed by atoms with E-state index >= 15 is 0 Å². The van der Waals surface area contributed by atoms with Crippen molar-refractivity contribution < 1.29 is 14.7 Å². The first kappa shape index (κ1) is 10.2. The monoisotopic (exact) mass is 197 g/mol. The molecule has 0 spiro atoms. The highest BCUT2D eigenvalue weighted by Gasteiger charge is 2.09. The second-order valence-electron chi connectivity index (χ2n) is 2.81. The Bertz CT molecular complexity index is 345. The Kier molecular flexibility index (Phi) is 3.22. The van der Waals surface area contributed by atoms with Crippen molar-refractivity contribution in [2.24, 2.45) is 0 Å². The molecule has 0 saturated carbocycles. The van der Waals surface area contributed by atoms with E-state index in [9.17, 15) is 9.59 Å². The van der Waals surface area contributed by atoms with Gasteiger partial charge in [-0.1, -0.05) is 0 Å². The Morgan fingerprint density at radius 3 is 2.86 bits per heavy atom. The quantitative estimate of drug-likeness (QED) is 0.629. The summed E-state index contributed by atoms with van der Waals surface area (Å²) in [5.41, 5.74) is 1.10. The van der Waals surface area contributed by atoms with Crippen LogP contribution in [0.5, 0.6) is 0 Å². The van der Waals surface area contributed by atoms with Crippen molar-refractivity contribution in [3.05, 3.63) is 17.5 Å². The number of aliphatic carboxylic acids is 1. The maximum atomic E-state index is 11.3. The van der Waals surface area contributed by atoms with E-state index in [0.29, 0.717) is 11.3 Å². The summed E-state index contributed by atoms with van der Waals surface area (Å²) >= 11 is 0. The van der Waals surface area contributed by atoms with Crippen LogP contribution >= 0.6 is 0 Å². The van der Waals surface area contributed by atoms with Crippen LogP contribution < -0.4 is 5.32 Å². The van der Waals surface area contributed by atoms with Crippen LogP contribution in [0.2, 0.25) is 0 Å². The molecular weight excluding hydrogens is 186 g/mol. The molecule has 76 valence electrons. The smallest absolute Gasteiger partial charge is 0.305 e. The number of nitrogens with one attached hydrogen (secondary N) is 2. The predicted molar refractivity (Wildman–Crippen MR) is 47.9 cm³/mol. The average molecular weight is 197 g/mol. The number of amides is 1. The predicted octanol–water partition coefficient (Wildman–Crippen LogP) is -0.0774. The van der Waals surface area contributed by atoms with Gasteiger partial charge in [-0.3, -0.25) is 14.7 Å². The summed E-state index contributed by atoms with van der Waals surface area (Å²) in [5.74, 6) is -1.24. The maximum Gasteiger partial charge on any atom is 0.305 e. The molecule has 1 aromatic rings. The summed E-state index contributed by atoms with van der Waals surface area (Å²) < 4.78 is 0. The van der Waals surface area contributed by atoms with Crippen LogP contribution in [0.15, 0.2) is 6.20 Å². The number of carboxylic acid groups (broad SMARTS) is 1. The average Bonchev–Trinajstić information content (AvgIpc) is 2.50. The number of carbonyl (C=O) groups is 2. The van der Waals surface area contributed by atoms with Gasteiger partial charge in [0.15, 0.2) is 0 Å². The molecule has 0 aliphatic carbocycles. The Hall–Kier alpha value is -1.85. The van der Waals surface area contributed by atoms with Crippen LogP contribution in [0.25, 0.3) is 0 Å². The molecule has 0 aromatic carbocycles. The zero-order valence-electron chi connectivity index (χ0n) is 7.70. The van der Waals surface area contributed by atoms with Crippen LogP contribution in [0.4, 0.5) is 0 Å². The van der Waals surface area contributed by atoms with Gasteiger partial charge in [0.25, 0.3) is 5.91 Å². The highest BCUT2D eigenvalue weighted by atomic mass is 16.4. The molecule has 0 radical (unpaired) electrons. The molecule has 1 rings (SSSR count). The summed E-state index contributed by atoms with van der Waals surface area (Å²) in [6, 6.07) is 0. The van der Waals surface area contributed by atoms with Crippen molar-refractivity contribution in [1.29, 1.82) is 0 Å². The molecule has 1 amide bonds. The van der Waals surface area contributed by atoms with E-state index in [1.54, 1.807) is 6.92 Å². The molecule has 0 atom stereocenters. The fourth-order valence-electron chi connectivity index (χ4n) is 0.958. The third kappa shape index (κ3) is 2.58. The Morgan fingerprint density at radius 2 is 2.36 bits per heavy atom. The fourth-order valence-corrected chi connectivity index (χ4v) is 0.958. The van der Waals surface area contributed by atoms with Gasteiger partial charge in [-0.15, -0.1) is 0 Å². The number of aromatic amines is 1. The Labute approximate surface area is 80.3 Å². The van der Waals surface area contributed by atoms with Crippen molar-refractivity contribution >= 4 is 11.9 Å². The van der Waals surface area contributed by atoms with Crippen molar-refractivity contribution in [3.63, 3.8) is 0 Å². The number of aryl methyl sites for hydroxylation is 1. The molecule has 0 fully saturated rings. The van der Waals surface area contributed by atoms with Crippen LogP contribution in [-0.4, -0.2) is 33.7 Å². The van der Waals surface area contributed by atoms with Gasteiger partial charge in [-0.25, -0.2) is 0 Å². The molecule has 6 nitrogen and oxygen atoms in total. The molecule has 0 bridgehead atoms. The minimum absolute atomic E-state index is 0.0807. The van der Waals surface area contributed by atoms with Gasteiger partial charge in [-0.2, -0.15) is 5.10 Å². The molecule has 3 N–H and O–H groups in total. The number of H-pyrrole nitrogens is 1. The number of carboxylic acids is 1. The Balaban J connectivity index is 2.44. The van der Waals surface area contributed by atoms with Gasteiger partial charge < -0.3 is 10.4 Å². The SMILES string of the molecule is Cc1[nH]ncc1C(=O)NCCC(=O)O. The lowest BCUT2D eigenvalue weighted by Crippen LogP contribution is -2.26. The zero-order valence-corrected chi connectivity index (χ0v) is 7.70. The topological polar surface area (TPSA) is 95.1 Å². The van der Waals surface area contributed by atoms with E-state index in [4.69, 9.17) is 5.11 Å². The summed E-state index contributed by atoms with van der Waals surface area (Å²) in [6.45, 7) is 1.85. The summed E-state index contributed by atoms with van der Waals surface area (Å²) in [7, 11) is 0. The third-order valence-electron chi connectivity index (χ3n) is 1.70. The fraction of sp³-hybridized carbons (Fsp3) is 0.375. The van der Waals surface area contributed by atoms with E-state index in [1.807, 2.05) is 0 Å². The second-order valence-corrected chi connectivity index (χ2v) is 2.81. The van der Waals surface area contributed by atoms with E-state index in [0.717, 1.165) is 0 Å². The minimum Gasteiger partial charge on any atom is -0.481 e. The zero-order chi connectivity index (χ0) is 10.6. The van der Waals surface area contributed by atoms with Crippen LogP contribution in [0.1, 0.15) is 22.5 Å². The van der Waals surface area contributed by atoms with E-state index in [1.165, 1.54) is 6.20 Å². The molecule has 1 aromatic heterocycles. The second kappa shape index (κ2) is 4.40. The van der Waals surface area contributed by atoms with Gasteiger partial charge in [0.05, 0.1) is 18.2 Å². The van der Waals surface area contributed by atoms with Gasteiger partial charge >= 0.3 is 5.97 Å². The standard InChI is InChI=1S/C8H11N3O3/c1-5-6(4-10-11-5)8(14)9-3-2-7(12)13/h4H,2-3H2,1H3,(H,9,14)(H,10,11)(H,12,13). The summed E-state index contributed by atoms with van der Waals surface area (Å²) in [6.07, 6.45) is 1.33. The number of nitrogens with zero attached hydrogens (tertiary/aromatic N) is 1. The number of hydrogen-bond donors (Lipinski definition) is 3. The number of aromatic nitrogens is 2. The highest BCUT2D eigenvalue weighted by molar-refractivity contribution is 5.95. The normalized spacial score (nSPS) is 9.79. The van der Waals surface area contributed by atoms with Gasteiger partial charge in [0, 0.05) is 12.2 Å². The molecule has 0 aliphatic heterocycles. The lowest BCUT2D eigenvalue weighted by atomic mass is 10.2. The van der Waals surface area contributed by atoms with E-state index in [-0.39, 0.29) is 18.9 Å². The first-order valence-electron chi connectivity index (χ1n) is 4.11. The molecule has 0 aliphatic rings. The van der Waals surface area contributed by atoms with E-state index < -0.39 is 5.97 Å². The lowest BCUT2D eigenvalue weighted by Gasteiger charge is -2.01. The van der Waals surface area contributed by atoms with Gasteiger partial charge in [-0.05, 0) is 6.92 Å². The number of carbonyl (C=O) groups excluding carboxylic acids is 1. The number of hydrogen-bond acceptors (Lipinski definition) is 3. The molecule has 0 unspecified atom stereocenters. The maximum absolute atomic E-state index is 11.3. The van der Waals surface area contributed by atoms with Crippen molar-refractivity contribution in [2.75, 3.05) is 6.54 Å². The molecule has 1 heterocycles. The van der Waals surface area contributed by atoms with Crippen LogP contribution in [-0.2, 0) is 4.79 Å². The molecule has 6 heteroatoms. The first-order chi connectivity index (χ1) is 6.61. The van der Waals surface area contributed by atoms with Gasteiger partial charge in [0.2, 0.25) is 0 Å². The molecular formula is C8H11N3O3. The summed E-state index contributed by atoms with van der Waals surface area (Å²) in [4.78, 5) is 21.5. The van der Waals surface area contributed by atoms with Crippen molar-refractivity contribution in [1.82, 2.24) is 15.5 Å².